The van der Waals surface area contributed by atoms with Crippen molar-refractivity contribution >= 4 is 29.5 Å². The largest absolute Gasteiger partial charge is 0.490 e. The van der Waals surface area contributed by atoms with Crippen molar-refractivity contribution in [1.82, 2.24) is 0 Å². The number of cyclic esters (lactones) is 1. The van der Waals surface area contributed by atoms with Crippen molar-refractivity contribution in [2.75, 3.05) is 6.61 Å². The number of aryl methyl sites for hydroxylation is 1. The van der Waals surface area contributed by atoms with Crippen LogP contribution in [0.3, 0.4) is 0 Å². The van der Waals surface area contributed by atoms with E-state index in [1.165, 1.54) is 0 Å². The average molecular weight is 448 g/mol. The fraction of sp³-hybridized carbons (Fsp3) is 0.154. The first kappa shape index (κ1) is 21.7. The number of aliphatic imine (C=N–C) groups is 1. The van der Waals surface area contributed by atoms with Crippen LogP contribution in [0.25, 0.3) is 6.08 Å². The Labute approximate surface area is 191 Å². The molecule has 0 N–H and O–H groups in total. The maximum Gasteiger partial charge on any atom is 0.363 e. The second kappa shape index (κ2) is 9.71. The van der Waals surface area contributed by atoms with Crippen molar-refractivity contribution in [3.05, 3.63) is 99.7 Å². The lowest BCUT2D eigenvalue weighted by molar-refractivity contribution is -0.129. The molecule has 6 heteroatoms. The molecule has 0 atom stereocenters. The monoisotopic (exact) mass is 447 g/mol. The lowest BCUT2D eigenvalue weighted by Gasteiger charge is -2.14. The molecule has 0 radical (unpaired) electrons. The van der Waals surface area contributed by atoms with E-state index in [0.29, 0.717) is 41.2 Å². The Bertz CT molecular complexity index is 1200. The maximum atomic E-state index is 12.4. The summed E-state index contributed by atoms with van der Waals surface area (Å²) < 4.78 is 17.1. The molecule has 0 fully saturated rings. The molecule has 32 heavy (non-hydrogen) atoms. The van der Waals surface area contributed by atoms with Crippen molar-refractivity contribution in [2.45, 2.75) is 20.5 Å². The first-order chi connectivity index (χ1) is 15.5. The lowest BCUT2D eigenvalue weighted by atomic mass is 10.1. The molecular formula is C26H22ClNO4. The highest BCUT2D eigenvalue weighted by molar-refractivity contribution is 6.32. The van der Waals surface area contributed by atoms with E-state index in [1.807, 2.05) is 68.4 Å². The number of carbonyl (C=O) groups excluding carboxylic acids is 1. The van der Waals surface area contributed by atoms with Gasteiger partial charge < -0.3 is 14.2 Å². The van der Waals surface area contributed by atoms with E-state index >= 15 is 0 Å². The van der Waals surface area contributed by atoms with Gasteiger partial charge in [0.05, 0.1) is 11.6 Å². The lowest BCUT2D eigenvalue weighted by Crippen LogP contribution is -2.06. The van der Waals surface area contributed by atoms with Gasteiger partial charge in [-0.3, -0.25) is 0 Å². The third-order valence-electron chi connectivity index (χ3n) is 4.86. The fourth-order valence-electron chi connectivity index (χ4n) is 3.30. The van der Waals surface area contributed by atoms with Gasteiger partial charge in [0.15, 0.2) is 17.2 Å². The van der Waals surface area contributed by atoms with E-state index < -0.39 is 5.97 Å². The normalized spacial score (nSPS) is 14.3. The Hall–Kier alpha value is -3.57. The van der Waals surface area contributed by atoms with E-state index in [2.05, 4.69) is 4.99 Å². The summed E-state index contributed by atoms with van der Waals surface area (Å²) in [7, 11) is 0. The zero-order valence-electron chi connectivity index (χ0n) is 17.8. The zero-order valence-corrected chi connectivity index (χ0v) is 18.6. The molecule has 5 nitrogen and oxygen atoms in total. The van der Waals surface area contributed by atoms with Gasteiger partial charge in [0.2, 0.25) is 5.90 Å². The van der Waals surface area contributed by atoms with Crippen molar-refractivity contribution in [3.63, 3.8) is 0 Å². The molecule has 0 bridgehead atoms. The predicted octanol–water partition coefficient (Wildman–Crippen LogP) is 5.97. The number of benzene rings is 3. The van der Waals surface area contributed by atoms with Gasteiger partial charge in [0.1, 0.15) is 6.61 Å². The van der Waals surface area contributed by atoms with Crippen LogP contribution in [-0.4, -0.2) is 18.5 Å². The first-order valence-corrected chi connectivity index (χ1v) is 10.6. The van der Waals surface area contributed by atoms with Gasteiger partial charge in [0.25, 0.3) is 0 Å². The summed E-state index contributed by atoms with van der Waals surface area (Å²) in [5.41, 5.74) is 3.62. The second-order valence-electron chi connectivity index (χ2n) is 7.19. The SMILES string of the molecule is CCOc1cc(/C=C2\N=C(c3ccccc3C)OC2=O)cc(Cl)c1OCc1ccccc1. The molecule has 162 valence electrons. The summed E-state index contributed by atoms with van der Waals surface area (Å²) in [5.74, 6) is 0.731. The molecule has 0 unspecified atom stereocenters. The number of rotatable bonds is 7. The summed E-state index contributed by atoms with van der Waals surface area (Å²) in [4.78, 5) is 16.8. The third-order valence-corrected chi connectivity index (χ3v) is 5.14. The summed E-state index contributed by atoms with van der Waals surface area (Å²) in [6, 6.07) is 20.9. The van der Waals surface area contributed by atoms with Crippen LogP contribution in [0, 0.1) is 6.92 Å². The van der Waals surface area contributed by atoms with Gasteiger partial charge in [-0.25, -0.2) is 9.79 Å². The summed E-state index contributed by atoms with van der Waals surface area (Å²) in [6.45, 7) is 4.62. The van der Waals surface area contributed by atoms with E-state index in [0.717, 1.165) is 16.7 Å². The van der Waals surface area contributed by atoms with Crippen molar-refractivity contribution in [1.29, 1.82) is 0 Å². The molecule has 3 aromatic rings. The fourth-order valence-corrected chi connectivity index (χ4v) is 3.57. The number of hydrogen-bond donors (Lipinski definition) is 0. The summed E-state index contributed by atoms with van der Waals surface area (Å²) >= 11 is 6.52. The van der Waals surface area contributed by atoms with Gasteiger partial charge in [0, 0.05) is 5.56 Å². The molecule has 0 aromatic heterocycles. The molecule has 0 saturated heterocycles. The third kappa shape index (κ3) is 4.84. The molecule has 1 heterocycles. The van der Waals surface area contributed by atoms with E-state index in [4.69, 9.17) is 25.8 Å². The molecule has 0 saturated carbocycles. The standard InChI is InChI=1S/C26H22ClNO4/c1-3-30-23-15-19(13-21(27)24(23)31-16-18-10-5-4-6-11-18)14-22-26(29)32-25(28-22)20-12-8-7-9-17(20)2/h4-15H,3,16H2,1-2H3/b22-14-. The van der Waals surface area contributed by atoms with Crippen LogP contribution in [0.5, 0.6) is 11.5 Å². The van der Waals surface area contributed by atoms with E-state index in [-0.39, 0.29) is 5.70 Å². The van der Waals surface area contributed by atoms with Gasteiger partial charge in [-0.05, 0) is 54.8 Å². The average Bonchev–Trinajstić information content (AvgIpc) is 3.14. The van der Waals surface area contributed by atoms with Crippen LogP contribution < -0.4 is 9.47 Å². The van der Waals surface area contributed by atoms with Crippen LogP contribution in [0.4, 0.5) is 0 Å². The van der Waals surface area contributed by atoms with Gasteiger partial charge in [-0.2, -0.15) is 0 Å². The van der Waals surface area contributed by atoms with Gasteiger partial charge >= 0.3 is 5.97 Å². The Morgan fingerprint density at radius 2 is 1.78 bits per heavy atom. The number of nitrogens with zero attached hydrogens (tertiary/aromatic N) is 1. The Balaban J connectivity index is 1.63. The van der Waals surface area contributed by atoms with Gasteiger partial charge in [-0.1, -0.05) is 60.1 Å². The van der Waals surface area contributed by atoms with Gasteiger partial charge in [-0.15, -0.1) is 0 Å². The number of ether oxygens (including phenoxy) is 3. The molecule has 0 aliphatic carbocycles. The van der Waals surface area contributed by atoms with Crippen LogP contribution >= 0.6 is 11.6 Å². The van der Waals surface area contributed by atoms with Crippen molar-refractivity contribution < 1.29 is 19.0 Å². The highest BCUT2D eigenvalue weighted by Crippen LogP contribution is 2.38. The quantitative estimate of drug-likeness (QED) is 0.330. The Kier molecular flexibility index (Phi) is 6.57. The zero-order chi connectivity index (χ0) is 22.5. The molecule has 4 rings (SSSR count). The van der Waals surface area contributed by atoms with E-state index in [1.54, 1.807) is 18.2 Å². The van der Waals surface area contributed by atoms with E-state index in [9.17, 15) is 4.79 Å². The molecule has 0 amide bonds. The molecule has 0 spiro atoms. The molecule has 1 aliphatic rings. The van der Waals surface area contributed by atoms with Crippen molar-refractivity contribution in [3.8, 4) is 11.5 Å². The minimum absolute atomic E-state index is 0.194. The Morgan fingerprint density at radius 1 is 1.03 bits per heavy atom. The highest BCUT2D eigenvalue weighted by Gasteiger charge is 2.25. The van der Waals surface area contributed by atoms with Crippen molar-refractivity contribution in [2.24, 2.45) is 4.99 Å². The topological polar surface area (TPSA) is 57.1 Å². The smallest absolute Gasteiger partial charge is 0.363 e. The molecule has 1 aliphatic heterocycles. The van der Waals surface area contributed by atoms with Crippen LogP contribution in [0.2, 0.25) is 5.02 Å². The number of carbonyl (C=O) groups is 1. The van der Waals surface area contributed by atoms with Crippen LogP contribution in [0.1, 0.15) is 29.2 Å². The number of halogens is 1. The highest BCUT2D eigenvalue weighted by atomic mass is 35.5. The summed E-state index contributed by atoms with van der Waals surface area (Å²) in [5, 5.41) is 0.383. The van der Waals surface area contributed by atoms with Crippen LogP contribution in [0.15, 0.2) is 77.4 Å². The Morgan fingerprint density at radius 3 is 2.53 bits per heavy atom. The second-order valence-corrected chi connectivity index (χ2v) is 7.60. The minimum atomic E-state index is -0.512. The summed E-state index contributed by atoms with van der Waals surface area (Å²) in [6.07, 6.45) is 1.63. The predicted molar refractivity (Wildman–Crippen MR) is 125 cm³/mol. The number of esters is 1. The number of hydrogen-bond acceptors (Lipinski definition) is 5. The first-order valence-electron chi connectivity index (χ1n) is 10.3. The minimum Gasteiger partial charge on any atom is -0.490 e. The molecule has 3 aromatic carbocycles. The maximum absolute atomic E-state index is 12.4. The van der Waals surface area contributed by atoms with Crippen LogP contribution in [-0.2, 0) is 16.1 Å². The molecular weight excluding hydrogens is 426 g/mol.